The molecule has 1 N–H and O–H groups in total. The molecule has 0 amide bonds. The van der Waals surface area contributed by atoms with Crippen molar-refractivity contribution in [3.63, 3.8) is 0 Å². The van der Waals surface area contributed by atoms with E-state index in [0.717, 1.165) is 23.4 Å². The second kappa shape index (κ2) is 7.06. The molecule has 2 aromatic rings. The van der Waals surface area contributed by atoms with Crippen LogP contribution in [-0.4, -0.2) is 11.5 Å². The summed E-state index contributed by atoms with van der Waals surface area (Å²) < 4.78 is 5.79. The van der Waals surface area contributed by atoms with Gasteiger partial charge in [-0.15, -0.1) is 0 Å². The van der Waals surface area contributed by atoms with Gasteiger partial charge in [-0.3, -0.25) is 10.1 Å². The van der Waals surface area contributed by atoms with E-state index in [-0.39, 0.29) is 22.6 Å². The zero-order chi connectivity index (χ0) is 19.0. The Hall–Kier alpha value is -2.82. The third kappa shape index (κ3) is 3.42. The van der Waals surface area contributed by atoms with Gasteiger partial charge in [-0.1, -0.05) is 38.1 Å². The van der Waals surface area contributed by atoms with E-state index in [1.54, 1.807) is 12.1 Å². The number of nitrogens with one attached hydrogen (secondary N) is 1. The predicted octanol–water partition coefficient (Wildman–Crippen LogP) is 5.46. The highest BCUT2D eigenvalue weighted by Crippen LogP contribution is 2.50. The van der Waals surface area contributed by atoms with Crippen LogP contribution < -0.4 is 10.1 Å². The van der Waals surface area contributed by atoms with Crippen molar-refractivity contribution >= 4 is 11.4 Å². The van der Waals surface area contributed by atoms with Crippen molar-refractivity contribution in [1.82, 2.24) is 0 Å². The summed E-state index contributed by atoms with van der Waals surface area (Å²) in [5.74, 6) is 1.96. The van der Waals surface area contributed by atoms with Crippen LogP contribution in [0.3, 0.4) is 0 Å². The van der Waals surface area contributed by atoms with Crippen LogP contribution in [0.25, 0.3) is 0 Å². The third-order valence-electron chi connectivity index (χ3n) is 5.38. The summed E-state index contributed by atoms with van der Waals surface area (Å²) in [4.78, 5) is 10.8. The quantitative estimate of drug-likeness (QED) is 0.435. The number of non-ortho nitro benzene ring substituents is 1. The zero-order valence-corrected chi connectivity index (χ0v) is 15.6. The number of anilines is 1. The van der Waals surface area contributed by atoms with Gasteiger partial charge in [0, 0.05) is 23.7 Å². The van der Waals surface area contributed by atoms with Crippen LogP contribution in [0.5, 0.6) is 5.75 Å². The number of rotatable bonds is 5. The molecule has 1 aliphatic carbocycles. The molecule has 2 aromatic carbocycles. The first-order valence-electron chi connectivity index (χ1n) is 9.47. The van der Waals surface area contributed by atoms with Crippen LogP contribution in [0, 0.1) is 22.0 Å². The summed E-state index contributed by atoms with van der Waals surface area (Å²) in [7, 11) is 0. The van der Waals surface area contributed by atoms with Gasteiger partial charge in [0.1, 0.15) is 5.75 Å². The van der Waals surface area contributed by atoms with Gasteiger partial charge in [0.05, 0.1) is 17.6 Å². The van der Waals surface area contributed by atoms with Crippen LogP contribution in [-0.2, 0) is 0 Å². The van der Waals surface area contributed by atoms with E-state index < -0.39 is 0 Å². The molecular weight excluding hydrogens is 340 g/mol. The lowest BCUT2D eigenvalue weighted by atomic mass is 9.77. The maximum absolute atomic E-state index is 11.1. The second-order valence-electron chi connectivity index (χ2n) is 7.78. The van der Waals surface area contributed by atoms with E-state index in [0.29, 0.717) is 18.4 Å². The van der Waals surface area contributed by atoms with Crippen LogP contribution in [0.1, 0.15) is 43.4 Å². The molecule has 27 heavy (non-hydrogen) atoms. The van der Waals surface area contributed by atoms with Crippen LogP contribution in [0.2, 0.25) is 0 Å². The summed E-state index contributed by atoms with van der Waals surface area (Å²) in [5.41, 5.74) is 3.38. The Bertz CT molecular complexity index is 874. The second-order valence-corrected chi connectivity index (χ2v) is 7.78. The molecule has 1 heterocycles. The van der Waals surface area contributed by atoms with Gasteiger partial charge in [0.15, 0.2) is 0 Å². The third-order valence-corrected chi connectivity index (χ3v) is 5.38. The van der Waals surface area contributed by atoms with Crippen molar-refractivity contribution < 1.29 is 9.66 Å². The van der Waals surface area contributed by atoms with E-state index in [9.17, 15) is 10.1 Å². The summed E-state index contributed by atoms with van der Waals surface area (Å²) in [6.07, 6.45) is 5.36. The fraction of sp³-hybridized carbons (Fsp3) is 0.364. The lowest BCUT2D eigenvalue weighted by molar-refractivity contribution is -0.384. The standard InChI is InChI=1S/C22H24N2O3/c1-14(2)13-27-17-9-6-15(7-10-17)22-19-5-3-4-18(19)20-12-16(24(25)26)8-11-21(20)23-22/h3-4,6-12,14,18-19,22-23H,5,13H2,1-2H3/t18-,19+,22+/m1/s1. The Morgan fingerprint density at radius 1 is 1.22 bits per heavy atom. The maximum Gasteiger partial charge on any atom is 0.269 e. The smallest absolute Gasteiger partial charge is 0.269 e. The Morgan fingerprint density at radius 2 is 2.00 bits per heavy atom. The average Bonchev–Trinajstić information content (AvgIpc) is 3.16. The number of nitro groups is 1. The van der Waals surface area contributed by atoms with Gasteiger partial charge in [0.2, 0.25) is 0 Å². The molecule has 0 spiro atoms. The highest BCUT2D eigenvalue weighted by molar-refractivity contribution is 5.63. The highest BCUT2D eigenvalue weighted by Gasteiger charge is 2.38. The number of benzene rings is 2. The van der Waals surface area contributed by atoms with E-state index in [1.165, 1.54) is 5.56 Å². The normalized spacial score (nSPS) is 22.9. The SMILES string of the molecule is CC(C)COc1ccc([C@@H]2Nc3ccc([N+](=O)[O-])cc3[C@@H]3C=CC[C@@H]32)cc1. The van der Waals surface area contributed by atoms with Crippen molar-refractivity contribution in [2.75, 3.05) is 11.9 Å². The minimum Gasteiger partial charge on any atom is -0.493 e. The molecule has 5 nitrogen and oxygen atoms in total. The fourth-order valence-corrected chi connectivity index (χ4v) is 4.06. The molecule has 0 saturated carbocycles. The van der Waals surface area contributed by atoms with Gasteiger partial charge in [-0.05, 0) is 47.6 Å². The van der Waals surface area contributed by atoms with Gasteiger partial charge in [-0.25, -0.2) is 0 Å². The van der Waals surface area contributed by atoms with Gasteiger partial charge in [0.25, 0.3) is 5.69 Å². The molecule has 2 aliphatic rings. The lowest BCUT2D eigenvalue weighted by Gasteiger charge is -2.37. The molecule has 4 rings (SSSR count). The van der Waals surface area contributed by atoms with Crippen LogP contribution in [0.15, 0.2) is 54.6 Å². The molecule has 0 aromatic heterocycles. The molecule has 0 radical (unpaired) electrons. The number of fused-ring (bicyclic) bond motifs is 3. The first kappa shape index (κ1) is 17.6. The maximum atomic E-state index is 11.1. The monoisotopic (exact) mass is 364 g/mol. The summed E-state index contributed by atoms with van der Waals surface area (Å²) >= 11 is 0. The lowest BCUT2D eigenvalue weighted by Crippen LogP contribution is -2.29. The van der Waals surface area contributed by atoms with E-state index in [1.807, 2.05) is 18.2 Å². The first-order valence-corrected chi connectivity index (χ1v) is 9.47. The number of hydrogen-bond donors (Lipinski definition) is 1. The fourth-order valence-electron chi connectivity index (χ4n) is 4.06. The Kier molecular flexibility index (Phi) is 4.60. The van der Waals surface area contributed by atoms with Crippen LogP contribution in [0.4, 0.5) is 11.4 Å². The predicted molar refractivity (Wildman–Crippen MR) is 106 cm³/mol. The summed E-state index contributed by atoms with van der Waals surface area (Å²) in [5, 5.41) is 14.8. The van der Waals surface area contributed by atoms with Gasteiger partial charge in [-0.2, -0.15) is 0 Å². The van der Waals surface area contributed by atoms with Crippen molar-refractivity contribution in [1.29, 1.82) is 0 Å². The molecule has 0 unspecified atom stereocenters. The van der Waals surface area contributed by atoms with Crippen molar-refractivity contribution in [2.45, 2.75) is 32.2 Å². The topological polar surface area (TPSA) is 64.4 Å². The number of hydrogen-bond acceptors (Lipinski definition) is 4. The number of allylic oxidation sites excluding steroid dienone is 2. The molecular formula is C22H24N2O3. The van der Waals surface area contributed by atoms with Crippen molar-refractivity contribution in [2.24, 2.45) is 11.8 Å². The first-order chi connectivity index (χ1) is 13.0. The molecule has 1 aliphatic heterocycles. The molecule has 5 heteroatoms. The Balaban J connectivity index is 1.61. The molecule has 3 atom stereocenters. The highest BCUT2D eigenvalue weighted by atomic mass is 16.6. The number of nitro benzene ring substituents is 1. The molecule has 0 bridgehead atoms. The molecule has 0 saturated heterocycles. The van der Waals surface area contributed by atoms with E-state index in [2.05, 4.69) is 43.4 Å². The van der Waals surface area contributed by atoms with Crippen LogP contribution >= 0.6 is 0 Å². The van der Waals surface area contributed by atoms with Crippen molar-refractivity contribution in [3.8, 4) is 5.75 Å². The minimum absolute atomic E-state index is 0.153. The Labute approximate surface area is 159 Å². The average molecular weight is 364 g/mol. The van der Waals surface area contributed by atoms with E-state index >= 15 is 0 Å². The van der Waals surface area contributed by atoms with Gasteiger partial charge < -0.3 is 10.1 Å². The zero-order valence-electron chi connectivity index (χ0n) is 15.6. The summed E-state index contributed by atoms with van der Waals surface area (Å²) in [6.45, 7) is 4.98. The van der Waals surface area contributed by atoms with E-state index in [4.69, 9.17) is 4.74 Å². The summed E-state index contributed by atoms with van der Waals surface area (Å²) in [6, 6.07) is 13.6. The minimum atomic E-state index is -0.323. The van der Waals surface area contributed by atoms with Crippen molar-refractivity contribution in [3.05, 3.63) is 75.9 Å². The molecule has 0 fully saturated rings. The molecule has 140 valence electrons. The largest absolute Gasteiger partial charge is 0.493 e. The number of nitrogens with zero attached hydrogens (tertiary/aromatic N) is 1. The Morgan fingerprint density at radius 3 is 2.70 bits per heavy atom. The number of ether oxygens (including phenoxy) is 1. The van der Waals surface area contributed by atoms with Gasteiger partial charge >= 0.3 is 0 Å².